The second-order valence-electron chi connectivity index (χ2n) is 3.47. The lowest BCUT2D eigenvalue weighted by atomic mass is 10.1. The molecule has 0 aliphatic carbocycles. The molecule has 1 N–H and O–H groups in total. The lowest BCUT2D eigenvalue weighted by molar-refractivity contribution is 0.112. The van der Waals surface area contributed by atoms with E-state index in [4.69, 9.17) is 5.11 Å². The maximum absolute atomic E-state index is 10.6. The van der Waals surface area contributed by atoms with E-state index >= 15 is 0 Å². The van der Waals surface area contributed by atoms with Crippen LogP contribution in [0.3, 0.4) is 0 Å². The van der Waals surface area contributed by atoms with Gasteiger partial charge in [0.25, 0.3) is 0 Å². The average molecular weight is 191 g/mol. The molecule has 0 saturated heterocycles. The van der Waals surface area contributed by atoms with Crippen LogP contribution in [0.1, 0.15) is 15.9 Å². The average Bonchev–Trinajstić information content (AvgIpc) is 2.61. The minimum Gasteiger partial charge on any atom is -0.395 e. The Morgan fingerprint density at radius 2 is 2.36 bits per heavy atom. The quantitative estimate of drug-likeness (QED) is 0.720. The number of rotatable bonds is 3. The highest BCUT2D eigenvalue weighted by Crippen LogP contribution is 2.28. The van der Waals surface area contributed by atoms with Gasteiger partial charge in [0.05, 0.1) is 6.61 Å². The predicted molar refractivity (Wildman–Crippen MR) is 54.8 cm³/mol. The van der Waals surface area contributed by atoms with Gasteiger partial charge >= 0.3 is 0 Å². The maximum Gasteiger partial charge on any atom is 0.150 e. The molecule has 1 aromatic rings. The fourth-order valence-electron chi connectivity index (χ4n) is 1.89. The van der Waals surface area contributed by atoms with Crippen LogP contribution in [0.15, 0.2) is 18.2 Å². The van der Waals surface area contributed by atoms with Crippen LogP contribution >= 0.6 is 0 Å². The van der Waals surface area contributed by atoms with Crippen LogP contribution in [0.5, 0.6) is 0 Å². The van der Waals surface area contributed by atoms with E-state index < -0.39 is 0 Å². The highest BCUT2D eigenvalue weighted by Gasteiger charge is 2.18. The SMILES string of the molecule is O=Cc1ccc2c(c1)N(CCO)CC2. The van der Waals surface area contributed by atoms with E-state index in [1.807, 2.05) is 18.2 Å². The van der Waals surface area contributed by atoms with Gasteiger partial charge in [-0.3, -0.25) is 4.79 Å². The van der Waals surface area contributed by atoms with Gasteiger partial charge in [-0.15, -0.1) is 0 Å². The van der Waals surface area contributed by atoms with Crippen LogP contribution in [0.25, 0.3) is 0 Å². The Labute approximate surface area is 83.0 Å². The number of fused-ring (bicyclic) bond motifs is 1. The van der Waals surface area contributed by atoms with Crippen molar-refractivity contribution in [1.82, 2.24) is 0 Å². The summed E-state index contributed by atoms with van der Waals surface area (Å²) in [5.74, 6) is 0. The highest BCUT2D eigenvalue weighted by molar-refractivity contribution is 5.78. The van der Waals surface area contributed by atoms with E-state index in [1.165, 1.54) is 5.56 Å². The van der Waals surface area contributed by atoms with Crippen LogP contribution in [-0.4, -0.2) is 31.1 Å². The Bertz CT molecular complexity index is 347. The number of β-amino-alcohol motifs (C(OH)–C–C–N with tert-alkyl or cyclic N) is 1. The van der Waals surface area contributed by atoms with Crippen molar-refractivity contribution < 1.29 is 9.90 Å². The van der Waals surface area contributed by atoms with Crippen LogP contribution in [0.2, 0.25) is 0 Å². The zero-order chi connectivity index (χ0) is 9.97. The van der Waals surface area contributed by atoms with Gasteiger partial charge in [0.2, 0.25) is 0 Å². The molecule has 0 amide bonds. The first-order valence-corrected chi connectivity index (χ1v) is 4.79. The standard InChI is InChI=1S/C11H13NO2/c13-6-5-12-4-3-10-2-1-9(8-14)7-11(10)12/h1-2,7-8,13H,3-6H2. The van der Waals surface area contributed by atoms with E-state index in [1.54, 1.807) is 0 Å². The fourth-order valence-corrected chi connectivity index (χ4v) is 1.89. The molecule has 0 atom stereocenters. The van der Waals surface area contributed by atoms with E-state index in [9.17, 15) is 4.79 Å². The fraction of sp³-hybridized carbons (Fsp3) is 0.364. The number of anilines is 1. The van der Waals surface area contributed by atoms with Crippen LogP contribution < -0.4 is 4.90 Å². The Morgan fingerprint density at radius 3 is 3.07 bits per heavy atom. The molecule has 3 heteroatoms. The normalized spacial score (nSPS) is 14.2. The molecule has 74 valence electrons. The smallest absolute Gasteiger partial charge is 0.150 e. The molecule has 0 saturated carbocycles. The van der Waals surface area contributed by atoms with Crippen LogP contribution in [0, 0.1) is 0 Å². The first-order valence-electron chi connectivity index (χ1n) is 4.79. The number of aliphatic hydroxyl groups is 1. The zero-order valence-corrected chi connectivity index (χ0v) is 7.94. The van der Waals surface area contributed by atoms with Gasteiger partial charge in [0, 0.05) is 24.3 Å². The largest absolute Gasteiger partial charge is 0.395 e. The van der Waals surface area contributed by atoms with Crippen molar-refractivity contribution in [1.29, 1.82) is 0 Å². The molecule has 2 rings (SSSR count). The van der Waals surface area contributed by atoms with Crippen LogP contribution in [-0.2, 0) is 6.42 Å². The molecule has 1 aromatic carbocycles. The van der Waals surface area contributed by atoms with Gasteiger partial charge in [-0.05, 0) is 18.1 Å². The Hall–Kier alpha value is -1.35. The van der Waals surface area contributed by atoms with Crippen molar-refractivity contribution in [3.05, 3.63) is 29.3 Å². The van der Waals surface area contributed by atoms with E-state index in [0.29, 0.717) is 12.1 Å². The predicted octanol–water partition coefficient (Wildman–Crippen LogP) is 0.854. The minimum absolute atomic E-state index is 0.157. The first-order chi connectivity index (χ1) is 6.85. The molecule has 1 aliphatic rings. The highest BCUT2D eigenvalue weighted by atomic mass is 16.3. The van der Waals surface area contributed by atoms with Gasteiger partial charge in [-0.1, -0.05) is 12.1 Å². The Morgan fingerprint density at radius 1 is 1.50 bits per heavy atom. The number of carbonyl (C=O) groups excluding carboxylic acids is 1. The lowest BCUT2D eigenvalue weighted by Gasteiger charge is -2.17. The molecule has 0 spiro atoms. The van der Waals surface area contributed by atoms with E-state index in [-0.39, 0.29) is 6.61 Å². The summed E-state index contributed by atoms with van der Waals surface area (Å²) in [5, 5.41) is 8.87. The molecule has 0 bridgehead atoms. The molecule has 1 aliphatic heterocycles. The number of nitrogens with zero attached hydrogens (tertiary/aromatic N) is 1. The third-order valence-corrected chi connectivity index (χ3v) is 2.61. The van der Waals surface area contributed by atoms with Gasteiger partial charge in [0.1, 0.15) is 6.29 Å². The molecule has 0 radical (unpaired) electrons. The molecule has 0 unspecified atom stereocenters. The summed E-state index contributed by atoms with van der Waals surface area (Å²) in [6.45, 7) is 1.75. The monoisotopic (exact) mass is 191 g/mol. The van der Waals surface area contributed by atoms with Crippen molar-refractivity contribution in [2.45, 2.75) is 6.42 Å². The molecule has 3 nitrogen and oxygen atoms in total. The topological polar surface area (TPSA) is 40.5 Å². The van der Waals surface area contributed by atoms with Crippen molar-refractivity contribution in [3.63, 3.8) is 0 Å². The minimum atomic E-state index is 0.157. The van der Waals surface area contributed by atoms with Gasteiger partial charge < -0.3 is 10.0 Å². The molecular formula is C11H13NO2. The summed E-state index contributed by atoms with van der Waals surface area (Å²) in [7, 11) is 0. The van der Waals surface area contributed by atoms with Crippen LogP contribution in [0.4, 0.5) is 5.69 Å². The number of carbonyl (C=O) groups is 1. The summed E-state index contributed by atoms with van der Waals surface area (Å²) in [5.41, 5.74) is 3.07. The Balaban J connectivity index is 2.32. The summed E-state index contributed by atoms with van der Waals surface area (Å²) in [6.07, 6.45) is 1.87. The second kappa shape index (κ2) is 3.80. The summed E-state index contributed by atoms with van der Waals surface area (Å²) >= 11 is 0. The molecule has 0 fully saturated rings. The Kier molecular flexibility index (Phi) is 2.50. The lowest BCUT2D eigenvalue weighted by Crippen LogP contribution is -2.24. The van der Waals surface area contributed by atoms with Gasteiger partial charge in [-0.2, -0.15) is 0 Å². The molecule has 14 heavy (non-hydrogen) atoms. The van der Waals surface area contributed by atoms with E-state index in [2.05, 4.69) is 4.90 Å². The van der Waals surface area contributed by atoms with Crippen molar-refractivity contribution in [2.75, 3.05) is 24.6 Å². The molecule has 0 aromatic heterocycles. The number of aldehydes is 1. The molecule has 1 heterocycles. The third kappa shape index (κ3) is 1.51. The number of hydrogen-bond acceptors (Lipinski definition) is 3. The molecular weight excluding hydrogens is 178 g/mol. The summed E-state index contributed by atoms with van der Waals surface area (Å²) in [4.78, 5) is 12.7. The van der Waals surface area contributed by atoms with E-state index in [0.717, 1.165) is 24.9 Å². The zero-order valence-electron chi connectivity index (χ0n) is 7.94. The van der Waals surface area contributed by atoms with Crippen molar-refractivity contribution in [3.8, 4) is 0 Å². The second-order valence-corrected chi connectivity index (χ2v) is 3.47. The van der Waals surface area contributed by atoms with Gasteiger partial charge in [-0.25, -0.2) is 0 Å². The number of benzene rings is 1. The van der Waals surface area contributed by atoms with Crippen molar-refractivity contribution in [2.24, 2.45) is 0 Å². The maximum atomic E-state index is 10.6. The van der Waals surface area contributed by atoms with Gasteiger partial charge in [0.15, 0.2) is 0 Å². The number of hydrogen-bond donors (Lipinski definition) is 1. The number of aliphatic hydroxyl groups excluding tert-OH is 1. The van der Waals surface area contributed by atoms with Crippen molar-refractivity contribution >= 4 is 12.0 Å². The third-order valence-electron chi connectivity index (χ3n) is 2.61. The summed E-state index contributed by atoms with van der Waals surface area (Å²) < 4.78 is 0. The first kappa shape index (κ1) is 9.21. The summed E-state index contributed by atoms with van der Waals surface area (Å²) in [6, 6.07) is 5.73.